The van der Waals surface area contributed by atoms with Crippen LogP contribution in [-0.2, 0) is 11.3 Å². The quantitative estimate of drug-likeness (QED) is 0.877. The minimum absolute atomic E-state index is 0.217. The number of nitrogens with zero attached hydrogens (tertiary/aromatic N) is 1. The number of fused-ring (bicyclic) bond motifs is 2. The Morgan fingerprint density at radius 2 is 1.41 bits per heavy atom. The summed E-state index contributed by atoms with van der Waals surface area (Å²) in [6.45, 7) is 2.58. The first kappa shape index (κ1) is 17.0. The highest BCUT2D eigenvalue weighted by Gasteiger charge is 2.62. The standard InChI is InChI=1S/C24H33NO2/c26-24(23-9-18-6-19(10-23)8-20(7-18)11-23)12-21-15-27-16-22(13-24)25(21)14-17-4-2-1-3-5-17/h1-5,18-22,26H,6-16H2. The fourth-order valence-electron chi connectivity index (χ4n) is 8.21. The zero-order valence-electron chi connectivity index (χ0n) is 16.4. The number of ether oxygens (including phenoxy) is 1. The van der Waals surface area contributed by atoms with Crippen molar-refractivity contribution in [3.05, 3.63) is 35.9 Å². The number of hydrogen-bond donors (Lipinski definition) is 1. The predicted octanol–water partition coefficient (Wildman–Crippen LogP) is 4.00. The van der Waals surface area contributed by atoms with Crippen LogP contribution in [0.2, 0.25) is 0 Å². The van der Waals surface area contributed by atoms with Gasteiger partial charge in [-0.15, -0.1) is 0 Å². The molecular formula is C24H33NO2. The Hall–Kier alpha value is -0.900. The maximum absolute atomic E-state index is 12.1. The zero-order chi connectivity index (χ0) is 18.1. The molecule has 7 rings (SSSR count). The third-order valence-electron chi connectivity index (χ3n) is 8.94. The summed E-state index contributed by atoms with van der Waals surface area (Å²) >= 11 is 0. The summed E-state index contributed by atoms with van der Waals surface area (Å²) in [5.74, 6) is 2.70. The van der Waals surface area contributed by atoms with Gasteiger partial charge in [-0.3, -0.25) is 4.90 Å². The van der Waals surface area contributed by atoms with Gasteiger partial charge < -0.3 is 9.84 Å². The van der Waals surface area contributed by atoms with Crippen molar-refractivity contribution in [2.75, 3.05) is 13.2 Å². The van der Waals surface area contributed by atoms with Crippen LogP contribution >= 0.6 is 0 Å². The molecule has 2 heterocycles. The van der Waals surface area contributed by atoms with Gasteiger partial charge in [0.25, 0.3) is 0 Å². The van der Waals surface area contributed by atoms with E-state index in [4.69, 9.17) is 4.74 Å². The van der Waals surface area contributed by atoms with Gasteiger partial charge in [-0.1, -0.05) is 30.3 Å². The summed E-state index contributed by atoms with van der Waals surface area (Å²) in [6.07, 6.45) is 10.1. The van der Waals surface area contributed by atoms with E-state index >= 15 is 0 Å². The van der Waals surface area contributed by atoms with Gasteiger partial charge in [-0.05, 0) is 74.7 Å². The molecule has 1 aromatic carbocycles. The van der Waals surface area contributed by atoms with Crippen LogP contribution in [0.4, 0.5) is 0 Å². The van der Waals surface area contributed by atoms with Crippen LogP contribution in [0.1, 0.15) is 56.9 Å². The Bertz CT molecular complexity index is 652. The van der Waals surface area contributed by atoms with Crippen molar-refractivity contribution in [3.8, 4) is 0 Å². The van der Waals surface area contributed by atoms with Gasteiger partial charge in [0.05, 0.1) is 18.8 Å². The Labute approximate surface area is 163 Å². The number of rotatable bonds is 3. The first-order valence-corrected chi connectivity index (χ1v) is 11.2. The van der Waals surface area contributed by atoms with Gasteiger partial charge in [0.1, 0.15) is 0 Å². The summed E-state index contributed by atoms with van der Waals surface area (Å²) in [4.78, 5) is 2.65. The normalized spacial score (nSPS) is 48.7. The third-order valence-corrected chi connectivity index (χ3v) is 8.94. The van der Waals surface area contributed by atoms with Gasteiger partial charge in [0.15, 0.2) is 0 Å². The maximum atomic E-state index is 12.1. The van der Waals surface area contributed by atoms with E-state index in [9.17, 15) is 5.11 Å². The van der Waals surface area contributed by atoms with Crippen LogP contribution < -0.4 is 0 Å². The van der Waals surface area contributed by atoms with E-state index in [1.54, 1.807) is 0 Å². The Morgan fingerprint density at radius 1 is 0.852 bits per heavy atom. The molecule has 2 aliphatic heterocycles. The molecule has 2 saturated heterocycles. The van der Waals surface area contributed by atoms with Crippen LogP contribution in [-0.4, -0.2) is 40.9 Å². The molecule has 4 aliphatic carbocycles. The van der Waals surface area contributed by atoms with Crippen LogP contribution in [0.3, 0.4) is 0 Å². The number of aliphatic hydroxyl groups is 1. The molecule has 6 bridgehead atoms. The average Bonchev–Trinajstić information content (AvgIpc) is 2.62. The predicted molar refractivity (Wildman–Crippen MR) is 105 cm³/mol. The van der Waals surface area contributed by atoms with Crippen LogP contribution in [0.5, 0.6) is 0 Å². The number of morpholine rings is 1. The summed E-state index contributed by atoms with van der Waals surface area (Å²) in [7, 11) is 0. The lowest BCUT2D eigenvalue weighted by molar-refractivity contribution is -0.232. The van der Waals surface area contributed by atoms with E-state index in [-0.39, 0.29) is 5.41 Å². The molecule has 1 N–H and O–H groups in total. The highest BCUT2D eigenvalue weighted by molar-refractivity contribution is 5.18. The minimum Gasteiger partial charge on any atom is -0.389 e. The SMILES string of the molecule is OC1(C23CC4CC(CC(C4)C2)C3)CC2COCC(C1)N2Cc1ccccc1. The number of piperidine rings is 1. The van der Waals surface area contributed by atoms with Crippen molar-refractivity contribution in [1.82, 2.24) is 4.90 Å². The Morgan fingerprint density at radius 3 is 1.96 bits per heavy atom. The molecule has 0 spiro atoms. The van der Waals surface area contributed by atoms with E-state index < -0.39 is 5.60 Å². The van der Waals surface area contributed by atoms with Crippen molar-refractivity contribution >= 4 is 0 Å². The lowest BCUT2D eigenvalue weighted by Crippen LogP contribution is -2.68. The molecule has 0 aromatic heterocycles. The molecule has 3 heteroatoms. The fourth-order valence-corrected chi connectivity index (χ4v) is 8.21. The van der Waals surface area contributed by atoms with Gasteiger partial charge in [-0.25, -0.2) is 0 Å². The van der Waals surface area contributed by atoms with Crippen LogP contribution in [0, 0.1) is 23.2 Å². The Kier molecular flexibility index (Phi) is 3.81. The van der Waals surface area contributed by atoms with Crippen molar-refractivity contribution in [1.29, 1.82) is 0 Å². The first-order valence-electron chi connectivity index (χ1n) is 11.2. The van der Waals surface area contributed by atoms with E-state index in [2.05, 4.69) is 35.2 Å². The molecule has 27 heavy (non-hydrogen) atoms. The largest absolute Gasteiger partial charge is 0.389 e. The lowest BCUT2D eigenvalue weighted by atomic mass is 9.43. The second-order valence-electron chi connectivity index (χ2n) is 10.6. The highest BCUT2D eigenvalue weighted by atomic mass is 16.5. The van der Waals surface area contributed by atoms with Crippen molar-refractivity contribution < 1.29 is 9.84 Å². The van der Waals surface area contributed by atoms with E-state index in [0.29, 0.717) is 12.1 Å². The van der Waals surface area contributed by atoms with Crippen LogP contribution in [0.15, 0.2) is 30.3 Å². The topological polar surface area (TPSA) is 32.7 Å². The third kappa shape index (κ3) is 2.65. The van der Waals surface area contributed by atoms with Crippen molar-refractivity contribution in [3.63, 3.8) is 0 Å². The monoisotopic (exact) mass is 367 g/mol. The average molecular weight is 368 g/mol. The van der Waals surface area contributed by atoms with Crippen molar-refractivity contribution in [2.24, 2.45) is 23.2 Å². The number of benzene rings is 1. The van der Waals surface area contributed by atoms with Gasteiger partial charge in [-0.2, -0.15) is 0 Å². The molecule has 4 saturated carbocycles. The molecule has 2 atom stereocenters. The molecule has 0 radical (unpaired) electrons. The number of hydrogen-bond acceptors (Lipinski definition) is 3. The summed E-state index contributed by atoms with van der Waals surface area (Å²) in [6, 6.07) is 11.6. The molecule has 6 fully saturated rings. The zero-order valence-corrected chi connectivity index (χ0v) is 16.4. The van der Waals surface area contributed by atoms with Crippen molar-refractivity contribution in [2.45, 2.75) is 75.6 Å². The first-order chi connectivity index (χ1) is 13.1. The molecular weight excluding hydrogens is 334 g/mol. The van der Waals surface area contributed by atoms with Gasteiger partial charge in [0, 0.05) is 24.0 Å². The lowest BCUT2D eigenvalue weighted by Gasteiger charge is -2.65. The molecule has 146 valence electrons. The van der Waals surface area contributed by atoms with Gasteiger partial charge in [0.2, 0.25) is 0 Å². The van der Waals surface area contributed by atoms with E-state index in [1.807, 2.05) is 0 Å². The summed E-state index contributed by atoms with van der Waals surface area (Å²) in [5, 5.41) is 12.1. The molecule has 6 aliphatic rings. The summed E-state index contributed by atoms with van der Waals surface area (Å²) < 4.78 is 5.96. The smallest absolute Gasteiger partial charge is 0.0735 e. The van der Waals surface area contributed by atoms with E-state index in [1.165, 1.54) is 44.1 Å². The molecule has 3 nitrogen and oxygen atoms in total. The molecule has 2 unspecified atom stereocenters. The Balaban J connectivity index is 1.28. The van der Waals surface area contributed by atoms with Crippen LogP contribution in [0.25, 0.3) is 0 Å². The van der Waals surface area contributed by atoms with Gasteiger partial charge >= 0.3 is 0 Å². The second kappa shape index (κ2) is 6.05. The summed E-state index contributed by atoms with van der Waals surface area (Å²) in [5.41, 5.74) is 1.14. The maximum Gasteiger partial charge on any atom is 0.0735 e. The second-order valence-corrected chi connectivity index (χ2v) is 10.6. The highest BCUT2D eigenvalue weighted by Crippen LogP contribution is 2.66. The molecule has 0 amide bonds. The fraction of sp³-hybridized carbons (Fsp3) is 0.750. The molecule has 1 aromatic rings. The minimum atomic E-state index is -0.463. The van der Waals surface area contributed by atoms with E-state index in [0.717, 1.165) is 50.4 Å².